The van der Waals surface area contributed by atoms with Crippen molar-refractivity contribution in [1.29, 1.82) is 0 Å². The van der Waals surface area contributed by atoms with E-state index < -0.39 is 5.91 Å². The van der Waals surface area contributed by atoms with Crippen molar-refractivity contribution in [2.45, 2.75) is 38.5 Å². The van der Waals surface area contributed by atoms with Gasteiger partial charge in [0.15, 0.2) is 0 Å². The van der Waals surface area contributed by atoms with E-state index in [1.807, 2.05) is 18.2 Å². The number of nitrogens with two attached hydrogens (primary N) is 1. The maximum atomic E-state index is 11.4. The standard InChI is InChI=1S/C20H25N3O/c1-2-3-18-16(17-12-23-8-6-13(17)7-9-23)10-14-4-5-15(20(21)24)11-19(14)22-18/h4-5,10-11,13,17H,2-3,6-9,12H2,1H3,(H2,21,24). The Bertz CT molecular complexity index is 778. The van der Waals surface area contributed by atoms with Crippen LogP contribution in [0.3, 0.4) is 0 Å². The third kappa shape index (κ3) is 2.69. The van der Waals surface area contributed by atoms with Gasteiger partial charge in [-0.2, -0.15) is 0 Å². The van der Waals surface area contributed by atoms with E-state index in [4.69, 9.17) is 10.7 Å². The lowest BCUT2D eigenvalue weighted by Gasteiger charge is -2.45. The molecular formula is C20H25N3O. The van der Waals surface area contributed by atoms with Crippen molar-refractivity contribution in [2.24, 2.45) is 11.7 Å². The number of aromatic nitrogens is 1. The lowest BCUT2D eigenvalue weighted by Crippen LogP contribution is -2.46. The number of fused-ring (bicyclic) bond motifs is 4. The second-order valence-corrected chi connectivity index (χ2v) is 7.29. The number of carbonyl (C=O) groups is 1. The number of hydrogen-bond acceptors (Lipinski definition) is 3. The highest BCUT2D eigenvalue weighted by atomic mass is 16.1. The molecule has 126 valence electrons. The minimum atomic E-state index is -0.391. The zero-order valence-corrected chi connectivity index (χ0v) is 14.3. The molecule has 3 aliphatic rings. The van der Waals surface area contributed by atoms with Gasteiger partial charge in [-0.1, -0.05) is 19.4 Å². The summed E-state index contributed by atoms with van der Waals surface area (Å²) in [5.41, 5.74) is 9.49. The molecule has 2 aromatic rings. The molecule has 0 aliphatic carbocycles. The summed E-state index contributed by atoms with van der Waals surface area (Å²) < 4.78 is 0. The Kier molecular flexibility index (Phi) is 4.01. The van der Waals surface area contributed by atoms with Crippen LogP contribution in [0.15, 0.2) is 24.3 Å². The van der Waals surface area contributed by atoms with Crippen LogP contribution in [0.4, 0.5) is 0 Å². The second-order valence-electron chi connectivity index (χ2n) is 7.29. The molecule has 2 N–H and O–H groups in total. The molecule has 1 aromatic heterocycles. The zero-order valence-electron chi connectivity index (χ0n) is 14.3. The highest BCUT2D eigenvalue weighted by Gasteiger charge is 2.36. The maximum Gasteiger partial charge on any atom is 0.248 e. The number of carbonyl (C=O) groups excluding carboxylic acids is 1. The topological polar surface area (TPSA) is 59.2 Å². The van der Waals surface area contributed by atoms with Gasteiger partial charge in [0, 0.05) is 29.1 Å². The second kappa shape index (κ2) is 6.17. The molecule has 1 atom stereocenters. The quantitative estimate of drug-likeness (QED) is 0.940. The summed E-state index contributed by atoms with van der Waals surface area (Å²) in [6.07, 6.45) is 4.71. The number of piperidine rings is 3. The summed E-state index contributed by atoms with van der Waals surface area (Å²) >= 11 is 0. The Morgan fingerprint density at radius 1 is 1.29 bits per heavy atom. The number of amides is 1. The number of pyridine rings is 1. The predicted molar refractivity (Wildman–Crippen MR) is 96.2 cm³/mol. The summed E-state index contributed by atoms with van der Waals surface area (Å²) in [5, 5.41) is 1.12. The van der Waals surface area contributed by atoms with Crippen LogP contribution in [0, 0.1) is 5.92 Å². The first-order valence-corrected chi connectivity index (χ1v) is 9.11. The van der Waals surface area contributed by atoms with Crippen LogP contribution in [0.25, 0.3) is 10.9 Å². The Labute approximate surface area is 143 Å². The van der Waals surface area contributed by atoms with E-state index in [-0.39, 0.29) is 0 Å². The number of hydrogen-bond donors (Lipinski definition) is 1. The molecule has 3 fully saturated rings. The first kappa shape index (κ1) is 15.6. The van der Waals surface area contributed by atoms with E-state index in [0.717, 1.165) is 29.7 Å². The number of aryl methyl sites for hydroxylation is 1. The van der Waals surface area contributed by atoms with Gasteiger partial charge < -0.3 is 10.6 Å². The molecule has 1 aromatic carbocycles. The van der Waals surface area contributed by atoms with E-state index in [1.165, 1.54) is 43.7 Å². The fourth-order valence-corrected chi connectivity index (χ4v) is 4.45. The SMILES string of the molecule is CCCc1nc2cc(C(N)=O)ccc2cc1C1CN2CCC1CC2. The van der Waals surface area contributed by atoms with Crippen molar-refractivity contribution in [2.75, 3.05) is 19.6 Å². The third-order valence-corrected chi connectivity index (χ3v) is 5.76. The van der Waals surface area contributed by atoms with Gasteiger partial charge in [-0.15, -0.1) is 0 Å². The molecule has 2 bridgehead atoms. The Morgan fingerprint density at radius 2 is 2.08 bits per heavy atom. The van der Waals surface area contributed by atoms with Crippen LogP contribution in [-0.2, 0) is 6.42 Å². The van der Waals surface area contributed by atoms with Gasteiger partial charge in [-0.25, -0.2) is 0 Å². The van der Waals surface area contributed by atoms with Crippen LogP contribution >= 0.6 is 0 Å². The highest BCUT2D eigenvalue weighted by Crippen LogP contribution is 2.40. The van der Waals surface area contributed by atoms with Crippen molar-refractivity contribution in [1.82, 2.24) is 9.88 Å². The lowest BCUT2D eigenvalue weighted by atomic mass is 9.74. The monoisotopic (exact) mass is 323 g/mol. The molecule has 3 aliphatic heterocycles. The third-order valence-electron chi connectivity index (χ3n) is 5.76. The molecule has 1 amide bonds. The smallest absolute Gasteiger partial charge is 0.248 e. The first-order valence-electron chi connectivity index (χ1n) is 9.11. The lowest BCUT2D eigenvalue weighted by molar-refractivity contribution is 0.0866. The molecule has 24 heavy (non-hydrogen) atoms. The van der Waals surface area contributed by atoms with E-state index >= 15 is 0 Å². The molecule has 3 saturated heterocycles. The zero-order chi connectivity index (χ0) is 16.7. The average molecular weight is 323 g/mol. The van der Waals surface area contributed by atoms with Gasteiger partial charge in [0.2, 0.25) is 5.91 Å². The van der Waals surface area contributed by atoms with Crippen molar-refractivity contribution in [3.63, 3.8) is 0 Å². The molecule has 4 nitrogen and oxygen atoms in total. The van der Waals surface area contributed by atoms with Crippen LogP contribution < -0.4 is 5.73 Å². The Hall–Kier alpha value is -1.94. The Balaban J connectivity index is 1.80. The molecule has 5 rings (SSSR count). The van der Waals surface area contributed by atoms with Gasteiger partial charge in [0.1, 0.15) is 0 Å². The van der Waals surface area contributed by atoms with Crippen LogP contribution in [0.2, 0.25) is 0 Å². The van der Waals surface area contributed by atoms with E-state index in [9.17, 15) is 4.79 Å². The molecule has 0 radical (unpaired) electrons. The highest BCUT2D eigenvalue weighted by molar-refractivity contribution is 5.96. The molecule has 0 saturated carbocycles. The minimum absolute atomic E-state index is 0.391. The van der Waals surface area contributed by atoms with Gasteiger partial charge in [0.05, 0.1) is 5.52 Å². The van der Waals surface area contributed by atoms with Gasteiger partial charge in [-0.3, -0.25) is 9.78 Å². The molecule has 1 unspecified atom stereocenters. The fourth-order valence-electron chi connectivity index (χ4n) is 4.45. The number of benzene rings is 1. The molecular weight excluding hydrogens is 298 g/mol. The van der Waals surface area contributed by atoms with Gasteiger partial charge in [-0.05, 0) is 62.0 Å². The fraction of sp³-hybridized carbons (Fsp3) is 0.500. The molecule has 4 heterocycles. The van der Waals surface area contributed by atoms with E-state index in [1.54, 1.807) is 0 Å². The van der Waals surface area contributed by atoms with Gasteiger partial charge >= 0.3 is 0 Å². The summed E-state index contributed by atoms with van der Waals surface area (Å²) in [6.45, 7) is 5.89. The first-order chi connectivity index (χ1) is 11.7. The van der Waals surface area contributed by atoms with E-state index in [2.05, 4.69) is 17.9 Å². The summed E-state index contributed by atoms with van der Waals surface area (Å²) in [7, 11) is 0. The van der Waals surface area contributed by atoms with E-state index in [0.29, 0.717) is 11.5 Å². The largest absolute Gasteiger partial charge is 0.366 e. The molecule has 0 spiro atoms. The minimum Gasteiger partial charge on any atom is -0.366 e. The van der Waals surface area contributed by atoms with Crippen LogP contribution in [0.5, 0.6) is 0 Å². The number of primary amides is 1. The maximum absolute atomic E-state index is 11.4. The van der Waals surface area contributed by atoms with Crippen LogP contribution in [-0.4, -0.2) is 35.4 Å². The summed E-state index contributed by atoms with van der Waals surface area (Å²) in [6, 6.07) is 7.96. The van der Waals surface area contributed by atoms with Crippen molar-refractivity contribution < 1.29 is 4.79 Å². The average Bonchev–Trinajstić information content (AvgIpc) is 2.61. The number of rotatable bonds is 4. The molecule has 4 heteroatoms. The predicted octanol–water partition coefficient (Wildman–Crippen LogP) is 3.10. The van der Waals surface area contributed by atoms with Gasteiger partial charge in [0.25, 0.3) is 0 Å². The normalized spacial score (nSPS) is 26.0. The van der Waals surface area contributed by atoms with Crippen LogP contribution in [0.1, 0.15) is 53.7 Å². The summed E-state index contributed by atoms with van der Waals surface area (Å²) in [4.78, 5) is 19.0. The summed E-state index contributed by atoms with van der Waals surface area (Å²) in [5.74, 6) is 1.02. The van der Waals surface area contributed by atoms with Crippen molar-refractivity contribution >= 4 is 16.8 Å². The van der Waals surface area contributed by atoms with Crippen molar-refractivity contribution in [3.05, 3.63) is 41.1 Å². The Morgan fingerprint density at radius 3 is 2.71 bits per heavy atom. The number of nitrogens with zero attached hydrogens (tertiary/aromatic N) is 2. The van der Waals surface area contributed by atoms with Crippen molar-refractivity contribution in [3.8, 4) is 0 Å².